The van der Waals surface area contributed by atoms with Crippen molar-refractivity contribution < 1.29 is 24.2 Å². The van der Waals surface area contributed by atoms with Gasteiger partial charge in [0.15, 0.2) is 6.61 Å². The van der Waals surface area contributed by atoms with Crippen LogP contribution in [0, 0.1) is 5.92 Å². The number of carboxylic acid groups (broad SMARTS) is 1. The second-order valence-corrected chi connectivity index (χ2v) is 8.10. The van der Waals surface area contributed by atoms with E-state index >= 15 is 0 Å². The standard InChI is InChI=1S/C21H21BrClN3O5/c1-12(2)19(25-20(29)14-4-3-5-15(23)9-14)21(30)26-24-10-13-6-7-17(16(22)8-13)31-11-18(27)28/h3-10,12,19H,11H2,1-2H3,(H,25,29)(H,26,30)(H,27,28). The Balaban J connectivity index is 1.99. The number of carbonyl (C=O) groups is 3. The van der Waals surface area contributed by atoms with E-state index in [1.165, 1.54) is 12.3 Å². The first-order valence-electron chi connectivity index (χ1n) is 9.21. The number of hydrazone groups is 1. The second-order valence-electron chi connectivity index (χ2n) is 6.81. The summed E-state index contributed by atoms with van der Waals surface area (Å²) in [7, 11) is 0. The van der Waals surface area contributed by atoms with E-state index in [0.29, 0.717) is 26.4 Å². The van der Waals surface area contributed by atoms with Crippen LogP contribution in [0.2, 0.25) is 5.02 Å². The van der Waals surface area contributed by atoms with Crippen molar-refractivity contribution in [1.82, 2.24) is 10.7 Å². The molecule has 0 fully saturated rings. The lowest BCUT2D eigenvalue weighted by atomic mass is 10.0. The highest BCUT2D eigenvalue weighted by Gasteiger charge is 2.24. The fourth-order valence-corrected chi connectivity index (χ4v) is 3.18. The van der Waals surface area contributed by atoms with E-state index in [-0.39, 0.29) is 5.92 Å². The number of carbonyl (C=O) groups excluding carboxylic acids is 2. The van der Waals surface area contributed by atoms with Gasteiger partial charge in [-0.3, -0.25) is 9.59 Å². The van der Waals surface area contributed by atoms with Crippen molar-refractivity contribution >= 4 is 51.5 Å². The molecule has 2 amide bonds. The summed E-state index contributed by atoms with van der Waals surface area (Å²) in [5.41, 5.74) is 3.41. The Hall–Kier alpha value is -2.91. The number of aliphatic carboxylic acids is 1. The maximum atomic E-state index is 12.5. The van der Waals surface area contributed by atoms with E-state index < -0.39 is 30.4 Å². The van der Waals surface area contributed by atoms with Crippen molar-refractivity contribution in [3.05, 3.63) is 63.1 Å². The second kappa shape index (κ2) is 11.5. The van der Waals surface area contributed by atoms with Crippen molar-refractivity contribution in [1.29, 1.82) is 0 Å². The smallest absolute Gasteiger partial charge is 0.341 e. The van der Waals surface area contributed by atoms with Gasteiger partial charge in [0.25, 0.3) is 11.8 Å². The Morgan fingerprint density at radius 1 is 1.23 bits per heavy atom. The van der Waals surface area contributed by atoms with Crippen LogP contribution in [-0.2, 0) is 9.59 Å². The van der Waals surface area contributed by atoms with Crippen molar-refractivity contribution in [2.75, 3.05) is 6.61 Å². The number of nitrogens with zero attached hydrogens (tertiary/aromatic N) is 1. The fourth-order valence-electron chi connectivity index (χ4n) is 2.48. The monoisotopic (exact) mass is 509 g/mol. The molecule has 0 saturated heterocycles. The Kier molecular flexibility index (Phi) is 9.02. The number of ether oxygens (including phenoxy) is 1. The molecule has 2 aromatic rings. The van der Waals surface area contributed by atoms with Gasteiger partial charge in [0.1, 0.15) is 11.8 Å². The van der Waals surface area contributed by atoms with E-state index in [0.717, 1.165) is 0 Å². The van der Waals surface area contributed by atoms with Crippen molar-refractivity contribution in [2.24, 2.45) is 11.0 Å². The molecule has 3 N–H and O–H groups in total. The number of halogens is 2. The number of rotatable bonds is 9. The highest BCUT2D eigenvalue weighted by molar-refractivity contribution is 9.10. The molecule has 2 aromatic carbocycles. The lowest BCUT2D eigenvalue weighted by molar-refractivity contribution is -0.139. The summed E-state index contributed by atoms with van der Waals surface area (Å²) in [5.74, 6) is -1.78. The van der Waals surface area contributed by atoms with E-state index in [4.69, 9.17) is 21.4 Å². The first kappa shape index (κ1) is 24.4. The van der Waals surface area contributed by atoms with Crippen molar-refractivity contribution in [3.63, 3.8) is 0 Å². The topological polar surface area (TPSA) is 117 Å². The molecule has 164 valence electrons. The molecule has 0 spiro atoms. The zero-order valence-corrected chi connectivity index (χ0v) is 19.1. The van der Waals surface area contributed by atoms with Gasteiger partial charge in [-0.25, -0.2) is 10.2 Å². The van der Waals surface area contributed by atoms with Crippen molar-refractivity contribution in [3.8, 4) is 5.75 Å². The maximum Gasteiger partial charge on any atom is 0.341 e. The normalized spacial score (nSPS) is 11.9. The van der Waals surface area contributed by atoms with Crippen molar-refractivity contribution in [2.45, 2.75) is 19.9 Å². The maximum absolute atomic E-state index is 12.5. The van der Waals surface area contributed by atoms with E-state index in [1.807, 2.05) is 0 Å². The van der Waals surface area contributed by atoms with Gasteiger partial charge >= 0.3 is 5.97 Å². The number of amides is 2. The third-order valence-corrected chi connectivity index (χ3v) is 4.87. The van der Waals surface area contributed by atoms with Crippen LogP contribution in [0.4, 0.5) is 0 Å². The highest BCUT2D eigenvalue weighted by Crippen LogP contribution is 2.25. The molecular formula is C21H21BrClN3O5. The lowest BCUT2D eigenvalue weighted by Crippen LogP contribution is -2.48. The van der Waals surface area contributed by atoms with Gasteiger partial charge in [-0.05, 0) is 63.8 Å². The van der Waals surface area contributed by atoms with Crippen LogP contribution in [-0.4, -0.2) is 41.8 Å². The van der Waals surface area contributed by atoms with E-state index in [1.54, 1.807) is 50.2 Å². The Labute approximate surface area is 192 Å². The molecule has 10 heteroatoms. The summed E-state index contributed by atoms with van der Waals surface area (Å²) in [6, 6.07) is 10.5. The largest absolute Gasteiger partial charge is 0.481 e. The number of hydrogen-bond donors (Lipinski definition) is 3. The van der Waals surface area contributed by atoms with Gasteiger partial charge in [-0.1, -0.05) is 31.5 Å². The zero-order valence-electron chi connectivity index (χ0n) is 16.8. The minimum Gasteiger partial charge on any atom is -0.481 e. The summed E-state index contributed by atoms with van der Waals surface area (Å²) >= 11 is 9.20. The Bertz CT molecular complexity index is 997. The molecule has 0 bridgehead atoms. The van der Waals surface area contributed by atoms with Gasteiger partial charge in [-0.2, -0.15) is 5.10 Å². The first-order valence-corrected chi connectivity index (χ1v) is 10.4. The molecule has 1 atom stereocenters. The third kappa shape index (κ3) is 7.69. The number of hydrogen-bond acceptors (Lipinski definition) is 5. The van der Waals surface area contributed by atoms with Gasteiger partial charge < -0.3 is 15.2 Å². The summed E-state index contributed by atoms with van der Waals surface area (Å²) in [4.78, 5) is 35.5. The molecule has 0 saturated carbocycles. The minimum absolute atomic E-state index is 0.182. The van der Waals surface area contributed by atoms with Crippen LogP contribution in [0.15, 0.2) is 52.0 Å². The Morgan fingerprint density at radius 2 is 1.97 bits per heavy atom. The van der Waals surface area contributed by atoms with Gasteiger partial charge in [0.2, 0.25) is 0 Å². The molecule has 1 unspecified atom stereocenters. The highest BCUT2D eigenvalue weighted by atomic mass is 79.9. The number of carboxylic acids is 1. The van der Waals surface area contributed by atoms with Crippen LogP contribution in [0.1, 0.15) is 29.8 Å². The molecule has 0 aliphatic rings. The van der Waals surface area contributed by atoms with Gasteiger partial charge in [0.05, 0.1) is 10.7 Å². The minimum atomic E-state index is -1.08. The van der Waals surface area contributed by atoms with Crippen LogP contribution in [0.5, 0.6) is 5.75 Å². The molecule has 8 nitrogen and oxygen atoms in total. The van der Waals surface area contributed by atoms with Crippen LogP contribution in [0.25, 0.3) is 0 Å². The molecule has 2 rings (SSSR count). The SMILES string of the molecule is CC(C)C(NC(=O)c1cccc(Cl)c1)C(=O)NN=Cc1ccc(OCC(=O)O)c(Br)c1. The average Bonchev–Trinajstić information content (AvgIpc) is 2.70. The predicted molar refractivity (Wildman–Crippen MR) is 121 cm³/mol. The summed E-state index contributed by atoms with van der Waals surface area (Å²) in [6.07, 6.45) is 1.42. The van der Waals surface area contributed by atoms with Gasteiger partial charge in [-0.15, -0.1) is 0 Å². The quantitative estimate of drug-likeness (QED) is 0.353. The fraction of sp³-hybridized carbons (Fsp3) is 0.238. The van der Waals surface area contributed by atoms with Crippen LogP contribution < -0.4 is 15.5 Å². The molecule has 0 heterocycles. The zero-order chi connectivity index (χ0) is 23.0. The Morgan fingerprint density at radius 3 is 2.58 bits per heavy atom. The van der Waals surface area contributed by atoms with Gasteiger partial charge in [0, 0.05) is 10.6 Å². The predicted octanol–water partition coefficient (Wildman–Crippen LogP) is 3.47. The molecular weight excluding hydrogens is 490 g/mol. The summed E-state index contributed by atoms with van der Waals surface area (Å²) in [6.45, 7) is 3.15. The lowest BCUT2D eigenvalue weighted by Gasteiger charge is -2.20. The number of nitrogens with one attached hydrogen (secondary N) is 2. The molecule has 0 radical (unpaired) electrons. The van der Waals surface area contributed by atoms with Crippen LogP contribution >= 0.6 is 27.5 Å². The molecule has 31 heavy (non-hydrogen) atoms. The molecule has 0 aromatic heterocycles. The first-order chi connectivity index (χ1) is 14.7. The molecule has 0 aliphatic heterocycles. The summed E-state index contributed by atoms with van der Waals surface area (Å²) < 4.78 is 5.67. The van der Waals surface area contributed by atoms with Crippen LogP contribution in [0.3, 0.4) is 0 Å². The van der Waals surface area contributed by atoms with E-state index in [2.05, 4.69) is 31.8 Å². The number of benzene rings is 2. The summed E-state index contributed by atoms with van der Waals surface area (Å²) in [5, 5.41) is 15.7. The average molecular weight is 511 g/mol. The van der Waals surface area contributed by atoms with E-state index in [9.17, 15) is 14.4 Å². The molecule has 0 aliphatic carbocycles. The third-order valence-electron chi connectivity index (χ3n) is 4.02.